The highest BCUT2D eigenvalue weighted by Crippen LogP contribution is 1.95. The molecule has 0 saturated heterocycles. The minimum Gasteiger partial charge on any atom is -0.382 e. The zero-order valence-electron chi connectivity index (χ0n) is 6.29. The zero-order chi connectivity index (χ0) is 7.98. The van der Waals surface area contributed by atoms with E-state index in [0.717, 1.165) is 0 Å². The van der Waals surface area contributed by atoms with Gasteiger partial charge in [-0.3, -0.25) is 4.79 Å². The summed E-state index contributed by atoms with van der Waals surface area (Å²) in [5, 5.41) is 0. The van der Waals surface area contributed by atoms with E-state index in [4.69, 9.17) is 15.2 Å². The Labute approximate surface area is 60.3 Å². The summed E-state index contributed by atoms with van der Waals surface area (Å²) in [5.74, 6) is -0.371. The van der Waals surface area contributed by atoms with Gasteiger partial charge in [0.1, 0.15) is 0 Å². The van der Waals surface area contributed by atoms with Crippen LogP contribution in [0.1, 0.15) is 6.42 Å². The predicted molar refractivity (Wildman–Crippen MR) is 36.5 cm³/mol. The molecule has 0 radical (unpaired) electrons. The number of carbonyl (C=O) groups is 1. The average molecular weight is 147 g/mol. The van der Waals surface area contributed by atoms with Crippen LogP contribution in [0.4, 0.5) is 0 Å². The molecule has 4 heteroatoms. The summed E-state index contributed by atoms with van der Waals surface area (Å²) in [6.45, 7) is 0.402. The number of hydrogen-bond donors (Lipinski definition) is 1. The molecule has 0 spiro atoms. The molecule has 0 aromatic heterocycles. The molecule has 0 aromatic rings. The Morgan fingerprint density at radius 2 is 2.20 bits per heavy atom. The number of ether oxygens (including phenoxy) is 2. The van der Waals surface area contributed by atoms with Gasteiger partial charge >= 0.3 is 0 Å². The number of hydrogen-bond acceptors (Lipinski definition) is 3. The lowest BCUT2D eigenvalue weighted by molar-refractivity contribution is -0.121. The summed E-state index contributed by atoms with van der Waals surface area (Å²) < 4.78 is 9.64. The van der Waals surface area contributed by atoms with E-state index in [1.165, 1.54) is 7.11 Å². The van der Waals surface area contributed by atoms with Crippen LogP contribution in [0.3, 0.4) is 0 Å². The molecule has 1 unspecified atom stereocenters. The van der Waals surface area contributed by atoms with Gasteiger partial charge in [0.25, 0.3) is 0 Å². The number of carbonyl (C=O) groups excluding carboxylic acids is 1. The first kappa shape index (κ1) is 9.39. The van der Waals surface area contributed by atoms with Crippen LogP contribution in [0.2, 0.25) is 0 Å². The summed E-state index contributed by atoms with van der Waals surface area (Å²) in [6.07, 6.45) is 0.00662. The van der Waals surface area contributed by atoms with Gasteiger partial charge in [-0.2, -0.15) is 0 Å². The average Bonchev–Trinajstić information content (AvgIpc) is 1.86. The van der Waals surface area contributed by atoms with Crippen molar-refractivity contribution in [1.82, 2.24) is 0 Å². The van der Waals surface area contributed by atoms with Crippen LogP contribution in [-0.2, 0) is 14.3 Å². The normalized spacial score (nSPS) is 13.0. The van der Waals surface area contributed by atoms with Gasteiger partial charge in [-0.25, -0.2) is 0 Å². The van der Waals surface area contributed by atoms with Gasteiger partial charge in [0, 0.05) is 14.2 Å². The Morgan fingerprint density at radius 3 is 2.50 bits per heavy atom. The van der Waals surface area contributed by atoms with E-state index >= 15 is 0 Å². The standard InChI is InChI=1S/C6H13NO3/c1-9-4-5(10-2)3-6(7)8/h5H,3-4H2,1-2H3,(H2,7,8). The summed E-state index contributed by atoms with van der Waals surface area (Å²) in [4.78, 5) is 10.3. The van der Waals surface area contributed by atoms with E-state index in [-0.39, 0.29) is 18.4 Å². The van der Waals surface area contributed by atoms with Crippen LogP contribution < -0.4 is 5.73 Å². The molecule has 10 heavy (non-hydrogen) atoms. The minimum atomic E-state index is -0.371. The minimum absolute atomic E-state index is 0.206. The number of methoxy groups -OCH3 is 2. The van der Waals surface area contributed by atoms with E-state index in [0.29, 0.717) is 6.61 Å². The molecule has 4 nitrogen and oxygen atoms in total. The quantitative estimate of drug-likeness (QED) is 0.571. The Hall–Kier alpha value is -0.610. The first-order chi connectivity index (χ1) is 4.70. The van der Waals surface area contributed by atoms with Crippen LogP contribution in [0.5, 0.6) is 0 Å². The molecule has 0 bridgehead atoms. The molecule has 60 valence electrons. The van der Waals surface area contributed by atoms with Crippen molar-refractivity contribution < 1.29 is 14.3 Å². The smallest absolute Gasteiger partial charge is 0.220 e. The first-order valence-electron chi connectivity index (χ1n) is 3.00. The SMILES string of the molecule is COCC(CC(N)=O)OC. The third-order valence-electron chi connectivity index (χ3n) is 1.11. The van der Waals surface area contributed by atoms with Gasteiger partial charge in [-0.05, 0) is 0 Å². The fraction of sp³-hybridized carbons (Fsp3) is 0.833. The topological polar surface area (TPSA) is 61.5 Å². The summed E-state index contributed by atoms with van der Waals surface area (Å²) in [7, 11) is 3.07. The van der Waals surface area contributed by atoms with Gasteiger partial charge in [0.2, 0.25) is 5.91 Å². The number of primary amides is 1. The van der Waals surface area contributed by atoms with E-state index in [1.807, 2.05) is 0 Å². The second-order valence-corrected chi connectivity index (χ2v) is 1.98. The summed E-state index contributed by atoms with van der Waals surface area (Å²) in [6, 6.07) is 0. The van der Waals surface area contributed by atoms with Crippen LogP contribution >= 0.6 is 0 Å². The van der Waals surface area contributed by atoms with Crippen LogP contribution in [0, 0.1) is 0 Å². The molecule has 1 amide bonds. The maximum absolute atomic E-state index is 10.3. The lowest BCUT2D eigenvalue weighted by atomic mass is 10.2. The fourth-order valence-corrected chi connectivity index (χ4v) is 0.621. The third-order valence-corrected chi connectivity index (χ3v) is 1.11. The van der Waals surface area contributed by atoms with E-state index < -0.39 is 0 Å². The highest BCUT2D eigenvalue weighted by atomic mass is 16.5. The molecule has 0 aliphatic heterocycles. The second kappa shape index (κ2) is 5.20. The molecule has 0 saturated carbocycles. The van der Waals surface area contributed by atoms with E-state index in [2.05, 4.69) is 0 Å². The predicted octanol–water partition coefficient (Wildman–Crippen LogP) is -0.477. The molecule has 0 aromatic carbocycles. The van der Waals surface area contributed by atoms with E-state index in [9.17, 15) is 4.79 Å². The second-order valence-electron chi connectivity index (χ2n) is 1.98. The first-order valence-corrected chi connectivity index (χ1v) is 3.00. The van der Waals surface area contributed by atoms with Crippen LogP contribution in [0.15, 0.2) is 0 Å². The molecule has 0 aliphatic rings. The van der Waals surface area contributed by atoms with Crippen molar-refractivity contribution in [2.75, 3.05) is 20.8 Å². The maximum Gasteiger partial charge on any atom is 0.220 e. The molecular formula is C6H13NO3. The van der Waals surface area contributed by atoms with Crippen molar-refractivity contribution in [3.05, 3.63) is 0 Å². The highest BCUT2D eigenvalue weighted by molar-refractivity contribution is 5.74. The van der Waals surface area contributed by atoms with Crippen LogP contribution in [0.25, 0.3) is 0 Å². The Bertz CT molecular complexity index is 105. The Balaban J connectivity index is 3.49. The zero-order valence-corrected chi connectivity index (χ0v) is 6.29. The molecule has 1 atom stereocenters. The molecule has 0 fully saturated rings. The lowest BCUT2D eigenvalue weighted by Crippen LogP contribution is -2.25. The van der Waals surface area contributed by atoms with Gasteiger partial charge in [0.05, 0.1) is 19.1 Å². The Kier molecular flexibility index (Phi) is 4.88. The maximum atomic E-state index is 10.3. The summed E-state index contributed by atoms with van der Waals surface area (Å²) >= 11 is 0. The van der Waals surface area contributed by atoms with Crippen LogP contribution in [-0.4, -0.2) is 32.8 Å². The number of nitrogens with two attached hydrogens (primary N) is 1. The van der Waals surface area contributed by atoms with Gasteiger partial charge in [-0.15, -0.1) is 0 Å². The van der Waals surface area contributed by atoms with Crippen molar-refractivity contribution in [1.29, 1.82) is 0 Å². The third kappa shape index (κ3) is 4.29. The van der Waals surface area contributed by atoms with Crippen molar-refractivity contribution in [3.63, 3.8) is 0 Å². The molecule has 0 aliphatic carbocycles. The molecule has 2 N–H and O–H groups in total. The number of rotatable bonds is 5. The van der Waals surface area contributed by atoms with Gasteiger partial charge in [-0.1, -0.05) is 0 Å². The van der Waals surface area contributed by atoms with Crippen molar-refractivity contribution in [2.45, 2.75) is 12.5 Å². The molecule has 0 heterocycles. The summed E-state index contributed by atoms with van der Waals surface area (Å²) in [5.41, 5.74) is 4.92. The van der Waals surface area contributed by atoms with Crippen molar-refractivity contribution in [2.24, 2.45) is 5.73 Å². The molecule has 0 rings (SSSR count). The van der Waals surface area contributed by atoms with E-state index in [1.54, 1.807) is 7.11 Å². The van der Waals surface area contributed by atoms with Crippen molar-refractivity contribution >= 4 is 5.91 Å². The Morgan fingerprint density at radius 1 is 1.60 bits per heavy atom. The highest BCUT2D eigenvalue weighted by Gasteiger charge is 2.09. The monoisotopic (exact) mass is 147 g/mol. The molecular weight excluding hydrogens is 134 g/mol. The van der Waals surface area contributed by atoms with Crippen molar-refractivity contribution in [3.8, 4) is 0 Å². The lowest BCUT2D eigenvalue weighted by Gasteiger charge is -2.10. The fourth-order valence-electron chi connectivity index (χ4n) is 0.621. The van der Waals surface area contributed by atoms with Gasteiger partial charge < -0.3 is 15.2 Å². The van der Waals surface area contributed by atoms with Gasteiger partial charge in [0.15, 0.2) is 0 Å². The largest absolute Gasteiger partial charge is 0.382 e. The number of amides is 1.